The summed E-state index contributed by atoms with van der Waals surface area (Å²) in [4.78, 5) is 11.5. The van der Waals surface area contributed by atoms with Gasteiger partial charge in [-0.1, -0.05) is 0 Å². The third-order valence-corrected chi connectivity index (χ3v) is 14.5. The monoisotopic (exact) mass is 366 g/mol. The molecule has 4 heteroatoms. The summed E-state index contributed by atoms with van der Waals surface area (Å²) in [5, 5.41) is -0.950. The molecule has 1 rings (SSSR count). The van der Waals surface area contributed by atoms with Crippen LogP contribution >= 0.6 is 36.7 Å². The Morgan fingerprint density at radius 2 is 1.69 bits per heavy atom. The first kappa shape index (κ1) is 14.3. The fourth-order valence-electron chi connectivity index (χ4n) is 1.99. The van der Waals surface area contributed by atoms with Gasteiger partial charge in [-0.2, -0.15) is 0 Å². The second-order valence-corrected chi connectivity index (χ2v) is 15.8. The van der Waals surface area contributed by atoms with Crippen molar-refractivity contribution < 1.29 is 4.79 Å². The van der Waals surface area contributed by atoms with Crippen molar-refractivity contribution in [3.63, 3.8) is 0 Å². The average molecular weight is 368 g/mol. The summed E-state index contributed by atoms with van der Waals surface area (Å²) in [6.07, 6.45) is 2.59. The number of rotatable bonds is 5. The van der Waals surface area contributed by atoms with E-state index in [0.29, 0.717) is 6.16 Å². The Bertz CT molecular complexity index is 374. The summed E-state index contributed by atoms with van der Waals surface area (Å²) < 4.78 is 0.0922. The van der Waals surface area contributed by atoms with Gasteiger partial charge >= 0.3 is 114 Å². The summed E-state index contributed by atoms with van der Waals surface area (Å²) >= 11 is 7.07. The summed E-state index contributed by atoms with van der Waals surface area (Å²) in [6, 6.07) is 10.4. The normalized spacial score (nSPS) is 14.1. The van der Waals surface area contributed by atoms with Crippen molar-refractivity contribution in [3.8, 4) is 0 Å². The number of carbonyl (C=O) groups is 1. The van der Waals surface area contributed by atoms with Gasteiger partial charge in [-0.15, -0.1) is 0 Å². The van der Waals surface area contributed by atoms with Crippen LogP contribution in [0.3, 0.4) is 0 Å². The van der Waals surface area contributed by atoms with Crippen LogP contribution in [0.5, 0.6) is 0 Å². The van der Waals surface area contributed by atoms with E-state index in [-0.39, 0.29) is 4.69 Å². The third kappa shape index (κ3) is 2.75. The fraction of sp³-hybridized carbons (Fsp3) is 0.417. The zero-order valence-corrected chi connectivity index (χ0v) is 13.7. The molecule has 1 aromatic rings. The van der Waals surface area contributed by atoms with Gasteiger partial charge < -0.3 is 0 Å². The van der Waals surface area contributed by atoms with Crippen LogP contribution in [0.2, 0.25) is 0 Å². The summed E-state index contributed by atoms with van der Waals surface area (Å²) in [5.74, 6) is 0. The molecule has 16 heavy (non-hydrogen) atoms. The van der Waals surface area contributed by atoms with E-state index in [9.17, 15) is 4.79 Å². The zero-order valence-electron chi connectivity index (χ0n) is 9.62. The predicted octanol–water partition coefficient (Wildman–Crippen LogP) is 4.14. The Morgan fingerprint density at radius 1 is 1.19 bits per heavy atom. The van der Waals surface area contributed by atoms with Crippen molar-refractivity contribution in [1.82, 2.24) is 0 Å². The van der Waals surface area contributed by atoms with Gasteiger partial charge in [0.25, 0.3) is 0 Å². The van der Waals surface area contributed by atoms with Crippen molar-refractivity contribution in [2.45, 2.75) is 13.8 Å². The van der Waals surface area contributed by atoms with Crippen LogP contribution in [0.15, 0.2) is 30.3 Å². The SMILES string of the molecule is CCP(Br)(CC)(CC(=O)Br)c1ccccc1. The van der Waals surface area contributed by atoms with Gasteiger partial charge in [0, 0.05) is 0 Å². The molecular weight excluding hydrogens is 351 g/mol. The number of hydrogen-bond donors (Lipinski definition) is 0. The molecule has 0 aliphatic heterocycles. The molecule has 0 amide bonds. The number of benzene rings is 1. The number of hydrogen-bond acceptors (Lipinski definition) is 1. The van der Waals surface area contributed by atoms with E-state index in [1.165, 1.54) is 5.30 Å². The van der Waals surface area contributed by atoms with Crippen LogP contribution in [-0.4, -0.2) is 23.2 Å². The van der Waals surface area contributed by atoms with Gasteiger partial charge in [0.1, 0.15) is 0 Å². The molecule has 0 heterocycles. The Balaban J connectivity index is 3.30. The first-order valence-corrected chi connectivity index (χ1v) is 11.0. The van der Waals surface area contributed by atoms with Crippen LogP contribution in [0.1, 0.15) is 13.8 Å². The molecule has 0 aliphatic rings. The summed E-state index contributed by atoms with van der Waals surface area (Å²) in [5.41, 5.74) is 0. The van der Waals surface area contributed by atoms with Crippen LogP contribution in [0.4, 0.5) is 0 Å². The molecule has 90 valence electrons. The van der Waals surface area contributed by atoms with Gasteiger partial charge in [0.15, 0.2) is 0 Å². The van der Waals surface area contributed by atoms with Crippen molar-refractivity contribution in [1.29, 1.82) is 0 Å². The molecule has 0 aliphatic carbocycles. The predicted molar refractivity (Wildman–Crippen MR) is 81.8 cm³/mol. The first-order chi connectivity index (χ1) is 7.45. The van der Waals surface area contributed by atoms with E-state index in [4.69, 9.17) is 0 Å². The van der Waals surface area contributed by atoms with Gasteiger partial charge in [0.2, 0.25) is 0 Å². The standard InChI is InChI=1S/C12H17Br2OP/c1-3-16(14,4-2,10-12(13)15)11-8-6-5-7-9-11/h5-9H,3-4,10H2,1-2H3. The quantitative estimate of drug-likeness (QED) is 0.564. The molecule has 0 N–H and O–H groups in total. The Kier molecular flexibility index (Phi) is 4.74. The molecule has 0 atom stereocenters. The first-order valence-electron chi connectivity index (χ1n) is 5.41. The molecule has 1 nitrogen and oxygen atoms in total. The summed E-state index contributed by atoms with van der Waals surface area (Å²) in [6.45, 7) is 4.33. The second-order valence-electron chi connectivity index (χ2n) is 4.07. The van der Waals surface area contributed by atoms with Crippen LogP contribution in [0.25, 0.3) is 0 Å². The minimum atomic E-state index is -2.25. The zero-order chi connectivity index (χ0) is 12.3. The van der Waals surface area contributed by atoms with E-state index < -0.39 is 5.31 Å². The van der Waals surface area contributed by atoms with Crippen LogP contribution < -0.4 is 5.30 Å². The van der Waals surface area contributed by atoms with Gasteiger partial charge in [-0.25, -0.2) is 0 Å². The maximum absolute atomic E-state index is 11.5. The average Bonchev–Trinajstić information content (AvgIpc) is 2.30. The van der Waals surface area contributed by atoms with Crippen molar-refractivity contribution >= 4 is 46.7 Å². The molecule has 0 saturated carbocycles. The fourth-order valence-corrected chi connectivity index (χ4v) is 9.50. The second kappa shape index (κ2) is 5.29. The minimum absolute atomic E-state index is 0.0922. The van der Waals surface area contributed by atoms with Crippen molar-refractivity contribution in [2.24, 2.45) is 0 Å². The molecule has 1 aromatic carbocycles. The molecular formula is C12H17Br2OP. The maximum atomic E-state index is 11.5. The Hall–Kier alpha value is 0.280. The van der Waals surface area contributed by atoms with Crippen LogP contribution in [0, 0.1) is 0 Å². The van der Waals surface area contributed by atoms with Crippen molar-refractivity contribution in [3.05, 3.63) is 30.3 Å². The van der Waals surface area contributed by atoms with Gasteiger partial charge in [0.05, 0.1) is 0 Å². The van der Waals surface area contributed by atoms with E-state index in [2.05, 4.69) is 57.4 Å². The molecule has 0 fully saturated rings. The van der Waals surface area contributed by atoms with Crippen molar-refractivity contribution in [2.75, 3.05) is 18.5 Å². The number of carbonyl (C=O) groups excluding carboxylic acids is 1. The molecule has 0 aromatic heterocycles. The van der Waals surface area contributed by atoms with Gasteiger partial charge in [-0.3, -0.25) is 0 Å². The molecule has 0 saturated heterocycles. The van der Waals surface area contributed by atoms with Crippen LogP contribution in [-0.2, 0) is 4.79 Å². The number of halogens is 2. The molecule has 0 spiro atoms. The van der Waals surface area contributed by atoms with E-state index in [1.54, 1.807) is 0 Å². The Morgan fingerprint density at radius 3 is 2.06 bits per heavy atom. The molecule has 0 unspecified atom stereocenters. The summed E-state index contributed by atoms with van der Waals surface area (Å²) in [7, 11) is 0. The molecule has 0 bridgehead atoms. The molecule has 0 radical (unpaired) electrons. The van der Waals surface area contributed by atoms with Gasteiger partial charge in [-0.05, 0) is 0 Å². The van der Waals surface area contributed by atoms with E-state index in [1.807, 2.05) is 18.2 Å². The Labute approximate surface area is 114 Å². The third-order valence-electron chi connectivity index (χ3n) is 3.34. The van der Waals surface area contributed by atoms with E-state index >= 15 is 0 Å². The van der Waals surface area contributed by atoms with E-state index in [0.717, 1.165) is 12.3 Å². The topological polar surface area (TPSA) is 17.1 Å².